The van der Waals surface area contributed by atoms with Crippen LogP contribution in [0.5, 0.6) is 0 Å². The van der Waals surface area contributed by atoms with E-state index in [1.165, 1.54) is 37.2 Å². The van der Waals surface area contributed by atoms with E-state index in [0.29, 0.717) is 17.2 Å². The Morgan fingerprint density at radius 1 is 1.46 bits per heavy atom. The summed E-state index contributed by atoms with van der Waals surface area (Å²) in [4.78, 5) is 38.0. The Balaban J connectivity index is 2.05. The number of aromatic nitrogens is 1. The van der Waals surface area contributed by atoms with Gasteiger partial charge in [-0.25, -0.2) is 4.98 Å². The molecule has 26 heavy (non-hydrogen) atoms. The number of pyridine rings is 1. The van der Waals surface area contributed by atoms with Gasteiger partial charge in [-0.3, -0.25) is 19.7 Å². The van der Waals surface area contributed by atoms with Gasteiger partial charge in [0.2, 0.25) is 5.70 Å². The standard InChI is InChI=1S/C16H17N3O6S/c1-18(22)13-8-12(20)7-10(15(13)16(21)25-2)5-6-26-14-4-3-11(9-17-14)19(23)24/h3-4,8-10,15H,1,5-7H2,2H3. The SMILES string of the molecule is C=[N+]([O-])C1=CC(=O)CC(CCSc2ccc([N+](=O)[O-])cn2)C1C(=O)OC. The Bertz CT molecular complexity index is 762. The van der Waals surface area contributed by atoms with Crippen LogP contribution in [-0.2, 0) is 14.3 Å². The normalized spacial score (nSPS) is 19.6. The van der Waals surface area contributed by atoms with Gasteiger partial charge in [0.05, 0.1) is 23.1 Å². The minimum absolute atomic E-state index is 0.00318. The molecule has 0 spiro atoms. The Morgan fingerprint density at radius 3 is 2.73 bits per heavy atom. The summed E-state index contributed by atoms with van der Waals surface area (Å²) in [5.41, 5.74) is -0.102. The molecular formula is C16H17N3O6S. The Hall–Kier alpha value is -2.75. The van der Waals surface area contributed by atoms with Crippen LogP contribution in [0.1, 0.15) is 12.8 Å². The molecular weight excluding hydrogens is 362 g/mol. The summed E-state index contributed by atoms with van der Waals surface area (Å²) < 4.78 is 5.04. The van der Waals surface area contributed by atoms with Crippen LogP contribution in [0.4, 0.5) is 5.69 Å². The summed E-state index contributed by atoms with van der Waals surface area (Å²) in [6, 6.07) is 2.89. The molecule has 0 saturated carbocycles. The number of hydroxylamine groups is 1. The van der Waals surface area contributed by atoms with Crippen molar-refractivity contribution in [1.29, 1.82) is 0 Å². The number of esters is 1. The fourth-order valence-electron chi connectivity index (χ4n) is 2.75. The number of hydrogen-bond donors (Lipinski definition) is 0. The highest BCUT2D eigenvalue weighted by Gasteiger charge is 2.41. The largest absolute Gasteiger partial charge is 0.619 e. The van der Waals surface area contributed by atoms with Crippen molar-refractivity contribution in [3.05, 3.63) is 45.4 Å². The zero-order chi connectivity index (χ0) is 19.3. The van der Waals surface area contributed by atoms with Crippen LogP contribution in [-0.4, -0.2) is 46.0 Å². The van der Waals surface area contributed by atoms with Gasteiger partial charge in [0.25, 0.3) is 5.69 Å². The van der Waals surface area contributed by atoms with Crippen molar-refractivity contribution < 1.29 is 24.0 Å². The van der Waals surface area contributed by atoms with Gasteiger partial charge in [-0.2, -0.15) is 4.74 Å². The van der Waals surface area contributed by atoms with E-state index in [0.717, 1.165) is 6.08 Å². The van der Waals surface area contributed by atoms with Gasteiger partial charge in [-0.15, -0.1) is 11.8 Å². The molecule has 0 saturated heterocycles. The molecule has 138 valence electrons. The molecule has 0 bridgehead atoms. The third-order valence-electron chi connectivity index (χ3n) is 3.98. The molecule has 1 heterocycles. The molecule has 9 nitrogen and oxygen atoms in total. The number of ether oxygens (including phenoxy) is 1. The average molecular weight is 379 g/mol. The van der Waals surface area contributed by atoms with Crippen molar-refractivity contribution in [2.75, 3.05) is 12.9 Å². The summed E-state index contributed by atoms with van der Waals surface area (Å²) >= 11 is 1.34. The molecule has 0 amide bonds. The van der Waals surface area contributed by atoms with Crippen LogP contribution >= 0.6 is 11.8 Å². The Kier molecular flexibility index (Phi) is 6.45. The van der Waals surface area contributed by atoms with Crippen LogP contribution in [0.2, 0.25) is 0 Å². The predicted octanol–water partition coefficient (Wildman–Crippen LogP) is 1.94. The van der Waals surface area contributed by atoms with Gasteiger partial charge in [-0.05, 0) is 24.2 Å². The van der Waals surface area contributed by atoms with Crippen LogP contribution < -0.4 is 0 Å². The van der Waals surface area contributed by atoms with E-state index >= 15 is 0 Å². The highest BCUT2D eigenvalue weighted by atomic mass is 32.2. The summed E-state index contributed by atoms with van der Waals surface area (Å²) in [5.74, 6) is -1.55. The van der Waals surface area contributed by atoms with Gasteiger partial charge < -0.3 is 9.94 Å². The number of carbonyl (C=O) groups excluding carboxylic acids is 2. The summed E-state index contributed by atoms with van der Waals surface area (Å²) in [7, 11) is 1.22. The number of ketones is 1. The molecule has 10 heteroatoms. The van der Waals surface area contributed by atoms with Crippen LogP contribution in [0, 0.1) is 27.2 Å². The summed E-state index contributed by atoms with van der Waals surface area (Å²) in [5, 5.41) is 22.8. The van der Waals surface area contributed by atoms with Gasteiger partial charge >= 0.3 is 5.97 Å². The number of nitro groups is 1. The second kappa shape index (κ2) is 8.56. The van der Waals surface area contributed by atoms with Crippen molar-refractivity contribution in [2.24, 2.45) is 11.8 Å². The van der Waals surface area contributed by atoms with Gasteiger partial charge in [-0.1, -0.05) is 0 Å². The third kappa shape index (κ3) is 4.66. The van der Waals surface area contributed by atoms with Crippen LogP contribution in [0.3, 0.4) is 0 Å². The maximum Gasteiger partial charge on any atom is 0.319 e. The van der Waals surface area contributed by atoms with E-state index in [9.17, 15) is 24.9 Å². The minimum atomic E-state index is -0.849. The average Bonchev–Trinajstić information content (AvgIpc) is 2.61. The lowest BCUT2D eigenvalue weighted by molar-refractivity contribution is -0.401. The van der Waals surface area contributed by atoms with E-state index in [1.54, 1.807) is 0 Å². The first kappa shape index (κ1) is 19.6. The summed E-state index contributed by atoms with van der Waals surface area (Å²) in [6.45, 7) is 3.23. The maximum atomic E-state index is 12.1. The van der Waals surface area contributed by atoms with Crippen molar-refractivity contribution in [3.63, 3.8) is 0 Å². The Morgan fingerprint density at radius 2 is 2.19 bits per heavy atom. The quantitative estimate of drug-likeness (QED) is 0.134. The monoisotopic (exact) mass is 379 g/mol. The molecule has 2 unspecified atom stereocenters. The molecule has 2 rings (SSSR count). The molecule has 0 aromatic carbocycles. The van der Waals surface area contributed by atoms with Gasteiger partial charge in [0.1, 0.15) is 18.8 Å². The zero-order valence-corrected chi connectivity index (χ0v) is 14.8. The molecule has 0 N–H and O–H groups in total. The fraction of sp³-hybridized carbons (Fsp3) is 0.375. The highest BCUT2D eigenvalue weighted by Crippen LogP contribution is 2.34. The number of rotatable bonds is 7. The van der Waals surface area contributed by atoms with E-state index in [2.05, 4.69) is 11.7 Å². The maximum absolute atomic E-state index is 12.1. The molecule has 1 aromatic heterocycles. The van der Waals surface area contributed by atoms with E-state index in [-0.39, 0.29) is 28.3 Å². The van der Waals surface area contributed by atoms with E-state index in [4.69, 9.17) is 4.74 Å². The fourth-order valence-corrected chi connectivity index (χ4v) is 3.67. The number of allylic oxidation sites excluding steroid dienone is 1. The molecule has 0 radical (unpaired) electrons. The van der Waals surface area contributed by atoms with Crippen molar-refractivity contribution in [1.82, 2.24) is 4.98 Å². The second-order valence-corrected chi connectivity index (χ2v) is 6.74. The lowest BCUT2D eigenvalue weighted by Crippen LogP contribution is -2.35. The first-order chi connectivity index (χ1) is 12.3. The molecule has 0 fully saturated rings. The van der Waals surface area contributed by atoms with Crippen LogP contribution in [0.15, 0.2) is 35.1 Å². The molecule has 0 aliphatic heterocycles. The molecule has 1 aliphatic rings. The first-order valence-corrected chi connectivity index (χ1v) is 8.65. The van der Waals surface area contributed by atoms with Crippen molar-refractivity contribution >= 4 is 35.9 Å². The predicted molar refractivity (Wildman–Crippen MR) is 93.7 cm³/mol. The van der Waals surface area contributed by atoms with Crippen LogP contribution in [0.25, 0.3) is 0 Å². The van der Waals surface area contributed by atoms with Crippen molar-refractivity contribution in [2.45, 2.75) is 17.9 Å². The number of carbonyl (C=O) groups is 2. The molecule has 2 atom stereocenters. The van der Waals surface area contributed by atoms with Crippen molar-refractivity contribution in [3.8, 4) is 0 Å². The first-order valence-electron chi connectivity index (χ1n) is 7.66. The number of nitrogens with zero attached hydrogens (tertiary/aromatic N) is 3. The van der Waals surface area contributed by atoms with Gasteiger partial charge in [0, 0.05) is 12.5 Å². The molecule has 1 aliphatic carbocycles. The number of thioether (sulfide) groups is 1. The highest BCUT2D eigenvalue weighted by molar-refractivity contribution is 7.99. The lowest BCUT2D eigenvalue weighted by atomic mass is 9.79. The van der Waals surface area contributed by atoms with E-state index in [1.807, 2.05) is 0 Å². The smallest absolute Gasteiger partial charge is 0.319 e. The number of hydrogen-bond acceptors (Lipinski definition) is 8. The minimum Gasteiger partial charge on any atom is -0.619 e. The lowest BCUT2D eigenvalue weighted by Gasteiger charge is -2.27. The second-order valence-electron chi connectivity index (χ2n) is 5.63. The zero-order valence-electron chi connectivity index (χ0n) is 14.0. The van der Waals surface area contributed by atoms with E-state index < -0.39 is 22.7 Å². The Labute approximate surface area is 153 Å². The summed E-state index contributed by atoms with van der Waals surface area (Å²) in [6.07, 6.45) is 2.90. The van der Waals surface area contributed by atoms with Gasteiger partial charge in [0.15, 0.2) is 5.78 Å². The third-order valence-corrected chi connectivity index (χ3v) is 4.95. The molecule has 1 aromatic rings. The number of methoxy groups -OCH3 is 1. The topological polar surface area (TPSA) is 125 Å².